The van der Waals surface area contributed by atoms with Crippen LogP contribution in [0.1, 0.15) is 32.8 Å². The molecule has 98 valence electrons. The van der Waals surface area contributed by atoms with Crippen LogP contribution in [-0.4, -0.2) is 21.9 Å². The van der Waals surface area contributed by atoms with E-state index in [4.69, 9.17) is 0 Å². The largest absolute Gasteiger partial charge is 0.419 e. The van der Waals surface area contributed by atoms with E-state index >= 15 is 0 Å². The zero-order valence-corrected chi connectivity index (χ0v) is 10.3. The van der Waals surface area contributed by atoms with Gasteiger partial charge < -0.3 is 5.32 Å². The molecular formula is C11H18F3N3. The van der Waals surface area contributed by atoms with Gasteiger partial charge in [-0.2, -0.15) is 18.3 Å². The summed E-state index contributed by atoms with van der Waals surface area (Å²) in [5.74, 6) is 0. The van der Waals surface area contributed by atoms with Gasteiger partial charge in [0.2, 0.25) is 0 Å². The quantitative estimate of drug-likeness (QED) is 0.869. The first-order valence-corrected chi connectivity index (χ1v) is 5.59. The highest BCUT2D eigenvalue weighted by Gasteiger charge is 2.32. The third-order valence-electron chi connectivity index (χ3n) is 2.79. The number of nitrogens with one attached hydrogen (secondary N) is 1. The lowest BCUT2D eigenvalue weighted by molar-refractivity contribution is -0.137. The Balaban J connectivity index is 2.46. The zero-order valence-electron chi connectivity index (χ0n) is 10.3. The molecule has 0 aliphatic rings. The number of halogens is 3. The van der Waals surface area contributed by atoms with Crippen LogP contribution in [0.2, 0.25) is 0 Å². The summed E-state index contributed by atoms with van der Waals surface area (Å²) in [7, 11) is 0. The van der Waals surface area contributed by atoms with Gasteiger partial charge in [0.05, 0.1) is 18.3 Å². The number of hydrogen-bond donors (Lipinski definition) is 1. The Bertz CT molecular complexity index is 355. The van der Waals surface area contributed by atoms with Gasteiger partial charge in [0, 0.05) is 18.3 Å². The van der Waals surface area contributed by atoms with E-state index in [0.29, 0.717) is 13.1 Å². The van der Waals surface area contributed by atoms with Crippen LogP contribution in [0.25, 0.3) is 0 Å². The lowest BCUT2D eigenvalue weighted by atomic mass is 10.0. The average Bonchev–Trinajstić information content (AvgIpc) is 2.66. The van der Waals surface area contributed by atoms with E-state index in [1.54, 1.807) is 0 Å². The molecule has 1 heterocycles. The minimum Gasteiger partial charge on any atom is -0.310 e. The van der Waals surface area contributed by atoms with Crippen LogP contribution in [0.15, 0.2) is 12.4 Å². The van der Waals surface area contributed by atoms with Crippen LogP contribution in [0.5, 0.6) is 0 Å². The van der Waals surface area contributed by atoms with Gasteiger partial charge in [0.15, 0.2) is 0 Å². The Labute approximate surface area is 99.0 Å². The predicted molar refractivity (Wildman–Crippen MR) is 59.6 cm³/mol. The van der Waals surface area contributed by atoms with Crippen LogP contribution in [-0.2, 0) is 12.7 Å². The SMILES string of the molecule is CCC(C)(C)NCCn1cc(C(F)(F)F)cn1. The molecule has 6 heteroatoms. The molecule has 1 N–H and O–H groups in total. The molecule has 0 radical (unpaired) electrons. The first-order valence-electron chi connectivity index (χ1n) is 5.59. The van der Waals surface area contributed by atoms with Gasteiger partial charge in [-0.3, -0.25) is 4.68 Å². The zero-order chi connectivity index (χ0) is 13.1. The first kappa shape index (κ1) is 14.0. The monoisotopic (exact) mass is 249 g/mol. The summed E-state index contributed by atoms with van der Waals surface area (Å²) >= 11 is 0. The third-order valence-corrected chi connectivity index (χ3v) is 2.79. The van der Waals surface area contributed by atoms with E-state index < -0.39 is 11.7 Å². The molecule has 0 amide bonds. The van der Waals surface area contributed by atoms with Crippen molar-refractivity contribution in [1.82, 2.24) is 15.1 Å². The number of rotatable bonds is 5. The van der Waals surface area contributed by atoms with Crippen LogP contribution in [0.4, 0.5) is 13.2 Å². The molecule has 0 bridgehead atoms. The van der Waals surface area contributed by atoms with Crippen molar-refractivity contribution in [3.05, 3.63) is 18.0 Å². The Kier molecular flexibility index (Phi) is 4.19. The maximum atomic E-state index is 12.3. The molecule has 0 unspecified atom stereocenters. The van der Waals surface area contributed by atoms with E-state index in [2.05, 4.69) is 31.2 Å². The highest BCUT2D eigenvalue weighted by atomic mass is 19.4. The van der Waals surface area contributed by atoms with Crippen molar-refractivity contribution >= 4 is 0 Å². The van der Waals surface area contributed by atoms with Crippen molar-refractivity contribution in [1.29, 1.82) is 0 Å². The molecule has 3 nitrogen and oxygen atoms in total. The first-order chi connectivity index (χ1) is 7.74. The van der Waals surface area contributed by atoms with E-state index in [-0.39, 0.29) is 5.54 Å². The average molecular weight is 249 g/mol. The molecule has 0 saturated carbocycles. The fourth-order valence-corrected chi connectivity index (χ4v) is 1.27. The number of alkyl halides is 3. The number of nitrogens with zero attached hydrogens (tertiary/aromatic N) is 2. The van der Waals surface area contributed by atoms with E-state index in [0.717, 1.165) is 18.8 Å². The van der Waals surface area contributed by atoms with E-state index in [1.807, 2.05) is 0 Å². The summed E-state index contributed by atoms with van der Waals surface area (Å²) in [5, 5.41) is 6.95. The second kappa shape index (κ2) is 5.08. The summed E-state index contributed by atoms with van der Waals surface area (Å²) < 4.78 is 38.2. The molecule has 1 aromatic heterocycles. The fourth-order valence-electron chi connectivity index (χ4n) is 1.27. The Hall–Kier alpha value is -1.04. The molecule has 0 aliphatic heterocycles. The molecule has 0 aliphatic carbocycles. The second-order valence-corrected chi connectivity index (χ2v) is 4.65. The number of aromatic nitrogens is 2. The minimum absolute atomic E-state index is 0.00000992. The topological polar surface area (TPSA) is 29.9 Å². The van der Waals surface area contributed by atoms with Crippen molar-refractivity contribution in [2.24, 2.45) is 0 Å². The highest BCUT2D eigenvalue weighted by Crippen LogP contribution is 2.28. The summed E-state index contributed by atoms with van der Waals surface area (Å²) in [5.41, 5.74) is -0.702. The summed E-state index contributed by atoms with van der Waals surface area (Å²) in [4.78, 5) is 0. The molecule has 0 saturated heterocycles. The van der Waals surface area contributed by atoms with Crippen LogP contribution in [0.3, 0.4) is 0 Å². The lowest BCUT2D eigenvalue weighted by Gasteiger charge is -2.24. The maximum absolute atomic E-state index is 12.3. The summed E-state index contributed by atoms with van der Waals surface area (Å²) in [6.45, 7) is 7.19. The van der Waals surface area contributed by atoms with Gasteiger partial charge in [0.1, 0.15) is 0 Å². The normalized spacial score (nSPS) is 13.1. The Morgan fingerprint density at radius 1 is 1.35 bits per heavy atom. The van der Waals surface area contributed by atoms with Crippen LogP contribution in [0, 0.1) is 0 Å². The predicted octanol–water partition coefficient (Wildman–Crippen LogP) is 2.68. The van der Waals surface area contributed by atoms with Gasteiger partial charge in [-0.1, -0.05) is 6.92 Å². The molecule has 0 aromatic carbocycles. The molecule has 0 spiro atoms. The summed E-state index contributed by atoms with van der Waals surface area (Å²) in [6.07, 6.45) is -1.47. The van der Waals surface area contributed by atoms with Gasteiger partial charge >= 0.3 is 6.18 Å². The summed E-state index contributed by atoms with van der Waals surface area (Å²) in [6, 6.07) is 0. The highest BCUT2D eigenvalue weighted by molar-refractivity contribution is 5.08. The Morgan fingerprint density at radius 2 is 2.00 bits per heavy atom. The van der Waals surface area contributed by atoms with Gasteiger partial charge in [-0.25, -0.2) is 0 Å². The van der Waals surface area contributed by atoms with Gasteiger partial charge in [-0.05, 0) is 20.3 Å². The lowest BCUT2D eigenvalue weighted by Crippen LogP contribution is -2.40. The van der Waals surface area contributed by atoms with E-state index in [1.165, 1.54) is 4.68 Å². The van der Waals surface area contributed by atoms with Crippen molar-refractivity contribution in [3.8, 4) is 0 Å². The molecular weight excluding hydrogens is 231 g/mol. The van der Waals surface area contributed by atoms with Gasteiger partial charge in [0.25, 0.3) is 0 Å². The number of hydrogen-bond acceptors (Lipinski definition) is 2. The van der Waals surface area contributed by atoms with Crippen molar-refractivity contribution < 1.29 is 13.2 Å². The van der Waals surface area contributed by atoms with Crippen LogP contribution >= 0.6 is 0 Å². The maximum Gasteiger partial charge on any atom is 0.419 e. The molecule has 17 heavy (non-hydrogen) atoms. The molecule has 1 aromatic rings. The van der Waals surface area contributed by atoms with Crippen LogP contribution < -0.4 is 5.32 Å². The molecule has 1 rings (SSSR count). The standard InChI is InChI=1S/C11H18F3N3/c1-4-10(2,3)15-5-6-17-8-9(7-16-17)11(12,13)14/h7-8,15H,4-6H2,1-3H3. The second-order valence-electron chi connectivity index (χ2n) is 4.65. The molecule has 0 fully saturated rings. The molecule has 0 atom stereocenters. The fraction of sp³-hybridized carbons (Fsp3) is 0.727. The Morgan fingerprint density at radius 3 is 2.47 bits per heavy atom. The third kappa shape index (κ3) is 4.38. The van der Waals surface area contributed by atoms with Gasteiger partial charge in [-0.15, -0.1) is 0 Å². The van der Waals surface area contributed by atoms with Crippen molar-refractivity contribution in [2.45, 2.75) is 45.5 Å². The van der Waals surface area contributed by atoms with Crippen molar-refractivity contribution in [3.63, 3.8) is 0 Å². The van der Waals surface area contributed by atoms with Crippen molar-refractivity contribution in [2.75, 3.05) is 6.54 Å². The smallest absolute Gasteiger partial charge is 0.310 e. The minimum atomic E-state index is -4.31. The van der Waals surface area contributed by atoms with E-state index in [9.17, 15) is 13.2 Å².